The van der Waals surface area contributed by atoms with E-state index < -0.39 is 18.3 Å². The van der Waals surface area contributed by atoms with Crippen LogP contribution in [0.15, 0.2) is 30.9 Å². The van der Waals surface area contributed by atoms with E-state index >= 15 is 0 Å². The Morgan fingerprint density at radius 3 is 2.59 bits per heavy atom. The fourth-order valence-electron chi connectivity index (χ4n) is 1.44. The highest BCUT2D eigenvalue weighted by atomic mass is 19.4. The van der Waals surface area contributed by atoms with Gasteiger partial charge in [-0.25, -0.2) is 9.67 Å². The first kappa shape index (κ1) is 11.6. The Kier molecular flexibility index (Phi) is 2.84. The fraction of sp³-hybridized carbons (Fsp3) is 0.200. The number of alkyl halides is 3. The molecule has 2 rings (SSSR count). The lowest BCUT2D eigenvalue weighted by atomic mass is 10.1. The Labute approximate surface area is 94.3 Å². The predicted octanol–water partition coefficient (Wildman–Crippen LogP) is 1.78. The molecule has 2 aromatic rings. The normalized spacial score (nSPS) is 11.8. The zero-order valence-corrected chi connectivity index (χ0v) is 8.52. The van der Waals surface area contributed by atoms with E-state index in [2.05, 4.69) is 10.1 Å². The molecule has 0 aliphatic heterocycles. The first-order valence-corrected chi connectivity index (χ1v) is 4.68. The van der Waals surface area contributed by atoms with E-state index in [4.69, 9.17) is 5.11 Å². The van der Waals surface area contributed by atoms with Crippen molar-refractivity contribution in [3.8, 4) is 5.69 Å². The molecule has 7 heteroatoms. The number of halogens is 3. The van der Waals surface area contributed by atoms with E-state index in [9.17, 15) is 13.2 Å². The number of aliphatic hydroxyl groups excluding tert-OH is 1. The summed E-state index contributed by atoms with van der Waals surface area (Å²) in [6, 6.07) is 3.56. The Hall–Kier alpha value is -1.89. The lowest BCUT2D eigenvalue weighted by Crippen LogP contribution is -2.12. The molecule has 1 aromatic carbocycles. The highest BCUT2D eigenvalue weighted by Gasteiger charge is 2.34. The number of aliphatic hydroxyl groups is 1. The average Bonchev–Trinajstić information content (AvgIpc) is 2.80. The van der Waals surface area contributed by atoms with E-state index in [1.165, 1.54) is 18.5 Å². The van der Waals surface area contributed by atoms with Crippen molar-refractivity contribution in [2.45, 2.75) is 12.8 Å². The standard InChI is InChI=1S/C10H8F3N3O/c11-10(12,13)8-3-7(4-17)1-2-9(8)16-6-14-5-15-16/h1-3,5-6,17H,4H2. The molecular weight excluding hydrogens is 235 g/mol. The zero-order valence-electron chi connectivity index (χ0n) is 8.52. The molecule has 0 unspecified atom stereocenters. The summed E-state index contributed by atoms with van der Waals surface area (Å²) >= 11 is 0. The lowest BCUT2D eigenvalue weighted by Gasteiger charge is -2.13. The monoisotopic (exact) mass is 243 g/mol. The van der Waals surface area contributed by atoms with Crippen LogP contribution in [0.2, 0.25) is 0 Å². The van der Waals surface area contributed by atoms with Crippen LogP contribution in [0.4, 0.5) is 13.2 Å². The zero-order chi connectivity index (χ0) is 12.5. The Morgan fingerprint density at radius 1 is 1.29 bits per heavy atom. The van der Waals surface area contributed by atoms with Crippen LogP contribution in [0, 0.1) is 0 Å². The SMILES string of the molecule is OCc1ccc(-n2cncn2)c(C(F)(F)F)c1. The molecule has 0 spiro atoms. The Morgan fingerprint density at radius 2 is 2.06 bits per heavy atom. The third kappa shape index (κ3) is 2.28. The van der Waals surface area contributed by atoms with Crippen molar-refractivity contribution in [3.63, 3.8) is 0 Å². The molecule has 1 aromatic heterocycles. The quantitative estimate of drug-likeness (QED) is 0.874. The van der Waals surface area contributed by atoms with Crippen molar-refractivity contribution >= 4 is 0 Å². The minimum Gasteiger partial charge on any atom is -0.392 e. The molecule has 0 bridgehead atoms. The van der Waals surface area contributed by atoms with Gasteiger partial charge in [0.05, 0.1) is 17.9 Å². The minimum absolute atomic E-state index is 0.118. The third-order valence-electron chi connectivity index (χ3n) is 2.21. The molecule has 0 aliphatic rings. The molecule has 0 aliphatic carbocycles. The summed E-state index contributed by atoms with van der Waals surface area (Å²) in [5.41, 5.74) is -0.775. The third-order valence-corrected chi connectivity index (χ3v) is 2.21. The van der Waals surface area contributed by atoms with Crippen molar-refractivity contribution in [2.24, 2.45) is 0 Å². The molecule has 4 nitrogen and oxygen atoms in total. The summed E-state index contributed by atoms with van der Waals surface area (Å²) in [6.07, 6.45) is -2.17. The second kappa shape index (κ2) is 4.17. The van der Waals surface area contributed by atoms with Crippen LogP contribution in [-0.2, 0) is 12.8 Å². The molecule has 0 fully saturated rings. The topological polar surface area (TPSA) is 50.9 Å². The summed E-state index contributed by atoms with van der Waals surface area (Å²) in [7, 11) is 0. The van der Waals surface area contributed by atoms with Crippen molar-refractivity contribution in [3.05, 3.63) is 42.0 Å². The average molecular weight is 243 g/mol. The smallest absolute Gasteiger partial charge is 0.392 e. The molecule has 17 heavy (non-hydrogen) atoms. The van der Waals surface area contributed by atoms with Crippen LogP contribution >= 0.6 is 0 Å². The van der Waals surface area contributed by atoms with Crippen LogP contribution in [-0.4, -0.2) is 19.9 Å². The molecule has 1 heterocycles. The number of nitrogens with zero attached hydrogens (tertiary/aromatic N) is 3. The maximum atomic E-state index is 12.8. The molecule has 0 atom stereocenters. The highest BCUT2D eigenvalue weighted by Crippen LogP contribution is 2.34. The number of hydrogen-bond donors (Lipinski definition) is 1. The Bertz CT molecular complexity index is 508. The largest absolute Gasteiger partial charge is 0.418 e. The highest BCUT2D eigenvalue weighted by molar-refractivity contribution is 5.44. The van der Waals surface area contributed by atoms with Crippen molar-refractivity contribution < 1.29 is 18.3 Å². The van der Waals surface area contributed by atoms with Crippen LogP contribution in [0.25, 0.3) is 5.69 Å². The first-order chi connectivity index (χ1) is 8.02. The van der Waals surface area contributed by atoms with Gasteiger partial charge < -0.3 is 5.11 Å². The molecule has 0 radical (unpaired) electrons. The predicted molar refractivity (Wildman–Crippen MR) is 52.3 cm³/mol. The molecule has 0 amide bonds. The van der Waals surface area contributed by atoms with Gasteiger partial charge in [0.15, 0.2) is 0 Å². The van der Waals surface area contributed by atoms with E-state index in [1.54, 1.807) is 0 Å². The Balaban J connectivity index is 2.59. The van der Waals surface area contributed by atoms with E-state index in [0.29, 0.717) is 0 Å². The van der Waals surface area contributed by atoms with E-state index in [1.807, 2.05) is 0 Å². The first-order valence-electron chi connectivity index (χ1n) is 4.68. The molecule has 1 N–H and O–H groups in total. The van der Waals surface area contributed by atoms with Gasteiger partial charge >= 0.3 is 6.18 Å². The summed E-state index contributed by atoms with van der Waals surface area (Å²) in [6.45, 7) is -0.444. The van der Waals surface area contributed by atoms with Crippen molar-refractivity contribution in [1.82, 2.24) is 14.8 Å². The lowest BCUT2D eigenvalue weighted by molar-refractivity contribution is -0.137. The second-order valence-corrected chi connectivity index (χ2v) is 3.35. The molecule has 0 saturated carbocycles. The maximum absolute atomic E-state index is 12.8. The summed E-state index contributed by atoms with van der Waals surface area (Å²) in [5, 5.41) is 12.5. The number of hydrogen-bond acceptors (Lipinski definition) is 3. The van der Waals surface area contributed by atoms with Gasteiger partial charge in [-0.15, -0.1) is 0 Å². The summed E-state index contributed by atoms with van der Waals surface area (Å²) in [5.74, 6) is 0. The van der Waals surface area contributed by atoms with Crippen molar-refractivity contribution in [2.75, 3.05) is 0 Å². The minimum atomic E-state index is -4.51. The summed E-state index contributed by atoms with van der Waals surface area (Å²) in [4.78, 5) is 3.60. The van der Waals surface area contributed by atoms with E-state index in [-0.39, 0.29) is 11.3 Å². The van der Waals surface area contributed by atoms with Gasteiger partial charge in [-0.3, -0.25) is 0 Å². The molecule has 0 saturated heterocycles. The van der Waals surface area contributed by atoms with Crippen LogP contribution in [0.3, 0.4) is 0 Å². The van der Waals surface area contributed by atoms with Gasteiger partial charge in [-0.05, 0) is 17.7 Å². The van der Waals surface area contributed by atoms with Crippen molar-refractivity contribution in [1.29, 1.82) is 0 Å². The van der Waals surface area contributed by atoms with Gasteiger partial charge in [-0.2, -0.15) is 18.3 Å². The number of aromatic nitrogens is 3. The number of rotatable bonds is 2. The van der Waals surface area contributed by atoms with Crippen LogP contribution in [0.1, 0.15) is 11.1 Å². The maximum Gasteiger partial charge on any atom is 0.418 e. The van der Waals surface area contributed by atoms with Gasteiger partial charge in [0.2, 0.25) is 0 Å². The summed E-state index contributed by atoms with van der Waals surface area (Å²) < 4.78 is 39.5. The molecular formula is C10H8F3N3O. The van der Waals surface area contributed by atoms with Gasteiger partial charge in [0.25, 0.3) is 0 Å². The molecule has 90 valence electrons. The second-order valence-electron chi connectivity index (χ2n) is 3.35. The van der Waals surface area contributed by atoms with Crippen LogP contribution in [0.5, 0.6) is 0 Å². The fourth-order valence-corrected chi connectivity index (χ4v) is 1.44. The van der Waals surface area contributed by atoms with Gasteiger partial charge in [0.1, 0.15) is 12.7 Å². The number of benzene rings is 1. The van der Waals surface area contributed by atoms with E-state index in [0.717, 1.165) is 17.1 Å². The van der Waals surface area contributed by atoms with Gasteiger partial charge in [-0.1, -0.05) is 6.07 Å². The van der Waals surface area contributed by atoms with Gasteiger partial charge in [0, 0.05) is 0 Å². The van der Waals surface area contributed by atoms with Crippen LogP contribution < -0.4 is 0 Å².